The number of hydrogen-bond acceptors (Lipinski definition) is 5. The van der Waals surface area contributed by atoms with E-state index in [1.165, 1.54) is 12.1 Å². The fraction of sp³-hybridized carbons (Fsp3) is 0.524. The monoisotopic (exact) mass is 383 g/mol. The molecular formula is C21H26FN5O. The number of halogens is 1. The average molecular weight is 383 g/mol. The second-order valence-corrected chi connectivity index (χ2v) is 8.03. The van der Waals surface area contributed by atoms with Crippen LogP contribution >= 0.6 is 0 Å². The van der Waals surface area contributed by atoms with Crippen molar-refractivity contribution in [2.75, 3.05) is 19.6 Å². The lowest BCUT2D eigenvalue weighted by Gasteiger charge is -2.36. The van der Waals surface area contributed by atoms with Gasteiger partial charge in [0.2, 0.25) is 5.91 Å². The Morgan fingerprint density at radius 3 is 2.82 bits per heavy atom. The Morgan fingerprint density at radius 1 is 1.39 bits per heavy atom. The van der Waals surface area contributed by atoms with Crippen molar-refractivity contribution in [1.29, 1.82) is 5.26 Å². The Morgan fingerprint density at radius 2 is 2.14 bits per heavy atom. The smallest absolute Gasteiger partial charge is 0.240 e. The van der Waals surface area contributed by atoms with Crippen molar-refractivity contribution in [2.24, 2.45) is 5.73 Å². The third kappa shape index (κ3) is 3.38. The number of carbonyl (C=O) groups excluding carboxylic acids is 1. The van der Waals surface area contributed by atoms with Crippen LogP contribution in [0.25, 0.3) is 0 Å². The van der Waals surface area contributed by atoms with E-state index in [-0.39, 0.29) is 35.9 Å². The molecule has 28 heavy (non-hydrogen) atoms. The summed E-state index contributed by atoms with van der Waals surface area (Å²) in [6.45, 7) is 6.84. The van der Waals surface area contributed by atoms with E-state index in [0.717, 1.165) is 43.6 Å². The highest BCUT2D eigenvalue weighted by Gasteiger charge is 2.49. The summed E-state index contributed by atoms with van der Waals surface area (Å²) in [5.41, 5.74) is 8.12. The van der Waals surface area contributed by atoms with E-state index in [1.54, 1.807) is 12.1 Å². The third-order valence-electron chi connectivity index (χ3n) is 6.29. The number of nitrogens with two attached hydrogens (primary N) is 1. The number of fused-ring (bicyclic) bond motifs is 2. The van der Waals surface area contributed by atoms with Crippen LogP contribution in [0.5, 0.6) is 0 Å². The topological polar surface area (TPSA) is 76.6 Å². The van der Waals surface area contributed by atoms with Crippen molar-refractivity contribution in [3.05, 3.63) is 47.9 Å². The highest BCUT2D eigenvalue weighted by molar-refractivity contribution is 5.85. The summed E-state index contributed by atoms with van der Waals surface area (Å²) in [5, 5.41) is 9.28. The Labute approximate surface area is 165 Å². The van der Waals surface area contributed by atoms with E-state index >= 15 is 0 Å². The van der Waals surface area contributed by atoms with Gasteiger partial charge < -0.3 is 15.5 Å². The Bertz CT molecular complexity index is 804. The van der Waals surface area contributed by atoms with E-state index in [9.17, 15) is 14.4 Å². The number of nitrogens with zero attached hydrogens (tertiary/aromatic N) is 4. The normalized spacial score (nSPS) is 28.0. The predicted octanol–water partition coefficient (Wildman–Crippen LogP) is 1.44. The van der Waals surface area contributed by atoms with E-state index in [4.69, 9.17) is 5.73 Å². The molecule has 3 saturated heterocycles. The second kappa shape index (κ2) is 7.53. The average Bonchev–Trinajstić information content (AvgIpc) is 3.39. The van der Waals surface area contributed by atoms with Crippen molar-refractivity contribution in [3.63, 3.8) is 0 Å². The highest BCUT2D eigenvalue weighted by Crippen LogP contribution is 2.33. The number of benzene rings is 1. The van der Waals surface area contributed by atoms with E-state index < -0.39 is 0 Å². The summed E-state index contributed by atoms with van der Waals surface area (Å²) >= 11 is 0. The molecule has 0 spiro atoms. The van der Waals surface area contributed by atoms with E-state index in [2.05, 4.69) is 17.5 Å². The summed E-state index contributed by atoms with van der Waals surface area (Å²) in [6, 6.07) is 8.24. The van der Waals surface area contributed by atoms with Crippen LogP contribution in [0.4, 0.5) is 4.39 Å². The lowest BCUT2D eigenvalue weighted by Crippen LogP contribution is -2.53. The minimum atomic E-state index is -0.286. The number of likely N-dealkylation sites (tertiary alicyclic amines) is 3. The molecule has 0 radical (unpaired) electrons. The molecule has 1 aromatic rings. The van der Waals surface area contributed by atoms with Gasteiger partial charge in [0.25, 0.3) is 0 Å². The molecule has 4 rings (SSSR count). The molecule has 7 heteroatoms. The molecule has 0 aliphatic carbocycles. The number of amides is 1. The Hall–Kier alpha value is -2.43. The van der Waals surface area contributed by atoms with Gasteiger partial charge in [-0.2, -0.15) is 5.26 Å². The molecule has 3 aliphatic heterocycles. The first kappa shape index (κ1) is 18.9. The van der Waals surface area contributed by atoms with Gasteiger partial charge in [-0.3, -0.25) is 9.69 Å². The quantitative estimate of drug-likeness (QED) is 0.804. The molecule has 3 fully saturated rings. The van der Waals surface area contributed by atoms with E-state index in [1.807, 2.05) is 9.80 Å². The minimum absolute atomic E-state index is 0.120. The summed E-state index contributed by atoms with van der Waals surface area (Å²) in [5.74, 6) is -0.149. The van der Waals surface area contributed by atoms with Crippen LogP contribution in [-0.2, 0) is 11.3 Å². The first-order chi connectivity index (χ1) is 13.5. The van der Waals surface area contributed by atoms with Crippen molar-refractivity contribution in [2.45, 2.75) is 50.0 Å². The zero-order chi connectivity index (χ0) is 19.8. The SMILES string of the molecule is C=C(C(N)CN1C[C@@H]2CC1C(=O)N2Cc1ccc(F)cc1)N1CCCC1C#N. The van der Waals surface area contributed by atoms with Gasteiger partial charge in [0.05, 0.1) is 18.2 Å². The molecule has 0 aromatic heterocycles. The molecule has 1 aromatic carbocycles. The van der Waals surface area contributed by atoms with Crippen LogP contribution in [0.3, 0.4) is 0 Å². The molecule has 3 aliphatic rings. The summed E-state index contributed by atoms with van der Waals surface area (Å²) in [7, 11) is 0. The zero-order valence-electron chi connectivity index (χ0n) is 15.9. The number of nitriles is 1. The molecule has 3 unspecified atom stereocenters. The first-order valence-electron chi connectivity index (χ1n) is 9.87. The van der Waals surface area contributed by atoms with Gasteiger partial charge in [0, 0.05) is 37.9 Å². The van der Waals surface area contributed by atoms with Crippen LogP contribution in [0.15, 0.2) is 36.5 Å². The lowest BCUT2D eigenvalue weighted by molar-refractivity contribution is -0.137. The Kier molecular flexibility index (Phi) is 5.09. The fourth-order valence-corrected chi connectivity index (χ4v) is 4.74. The largest absolute Gasteiger partial charge is 0.358 e. The van der Waals surface area contributed by atoms with Crippen LogP contribution in [0.2, 0.25) is 0 Å². The maximum absolute atomic E-state index is 13.1. The zero-order valence-corrected chi connectivity index (χ0v) is 15.9. The molecule has 4 atom stereocenters. The number of piperazine rings is 1. The van der Waals surface area contributed by atoms with Crippen LogP contribution in [-0.4, -0.2) is 64.4 Å². The molecule has 2 bridgehead atoms. The van der Waals surface area contributed by atoms with Gasteiger partial charge in [-0.05, 0) is 37.0 Å². The van der Waals surface area contributed by atoms with E-state index in [0.29, 0.717) is 13.1 Å². The van der Waals surface area contributed by atoms with Crippen LogP contribution in [0, 0.1) is 17.1 Å². The Balaban J connectivity index is 1.35. The highest BCUT2D eigenvalue weighted by atomic mass is 19.1. The molecule has 2 N–H and O–H groups in total. The predicted molar refractivity (Wildman–Crippen MR) is 103 cm³/mol. The van der Waals surface area contributed by atoms with Gasteiger partial charge >= 0.3 is 0 Å². The lowest BCUT2D eigenvalue weighted by atomic mass is 10.1. The van der Waals surface area contributed by atoms with Crippen molar-refractivity contribution >= 4 is 5.91 Å². The molecular weight excluding hydrogens is 357 g/mol. The molecule has 3 heterocycles. The maximum Gasteiger partial charge on any atom is 0.240 e. The molecule has 1 amide bonds. The summed E-state index contributed by atoms with van der Waals surface area (Å²) in [6.07, 6.45) is 2.65. The van der Waals surface area contributed by atoms with Crippen LogP contribution in [0.1, 0.15) is 24.8 Å². The molecule has 0 saturated carbocycles. The van der Waals surface area contributed by atoms with Crippen molar-refractivity contribution in [1.82, 2.24) is 14.7 Å². The second-order valence-electron chi connectivity index (χ2n) is 8.03. The number of carbonyl (C=O) groups is 1. The van der Waals surface area contributed by atoms with Crippen molar-refractivity contribution in [3.8, 4) is 6.07 Å². The van der Waals surface area contributed by atoms with Crippen LogP contribution < -0.4 is 5.73 Å². The first-order valence-corrected chi connectivity index (χ1v) is 9.87. The summed E-state index contributed by atoms with van der Waals surface area (Å²) < 4.78 is 13.1. The number of hydrogen-bond donors (Lipinski definition) is 1. The minimum Gasteiger partial charge on any atom is -0.358 e. The van der Waals surface area contributed by atoms with Crippen molar-refractivity contribution < 1.29 is 9.18 Å². The summed E-state index contributed by atoms with van der Waals surface area (Å²) in [4.78, 5) is 18.9. The fourth-order valence-electron chi connectivity index (χ4n) is 4.74. The van der Waals surface area contributed by atoms with Gasteiger partial charge in [0.15, 0.2) is 0 Å². The number of rotatable bonds is 6. The van der Waals surface area contributed by atoms with Gasteiger partial charge in [-0.25, -0.2) is 4.39 Å². The van der Waals surface area contributed by atoms with Gasteiger partial charge in [-0.15, -0.1) is 0 Å². The van der Waals surface area contributed by atoms with Gasteiger partial charge in [-0.1, -0.05) is 18.7 Å². The van der Waals surface area contributed by atoms with Gasteiger partial charge in [0.1, 0.15) is 11.9 Å². The standard InChI is InChI=1S/C21H26FN5O/c1-14(26-8-2-3-17(26)10-23)19(24)13-25-12-18-9-20(25)21(28)27(18)11-15-4-6-16(22)7-5-15/h4-7,17-20H,1-3,8-9,11-13,24H2/t17?,18-,19?,20?/m0/s1. The third-order valence-corrected chi connectivity index (χ3v) is 6.29. The maximum atomic E-state index is 13.1. The molecule has 6 nitrogen and oxygen atoms in total. The molecule has 148 valence electrons.